The number of nitrogens with zero attached hydrogens (tertiary/aromatic N) is 2. The van der Waals surface area contributed by atoms with E-state index >= 15 is 28.8 Å². The van der Waals surface area contributed by atoms with Crippen molar-refractivity contribution in [2.24, 2.45) is 11.8 Å². The molecule has 2 aliphatic heterocycles. The Morgan fingerprint density at radius 1 is 0.333 bits per heavy atom. The molecule has 2 heterocycles. The molecule has 13 rings (SSSR count). The Morgan fingerprint density at radius 2 is 0.575 bits per heavy atom. The Bertz CT molecular complexity index is 5370. The first-order chi connectivity index (χ1) is 57.4. The highest BCUT2D eigenvalue weighted by Gasteiger charge is 2.47. The highest BCUT2D eigenvalue weighted by Crippen LogP contribution is 2.58. The van der Waals surface area contributed by atoms with E-state index in [-0.39, 0.29) is 185 Å². The lowest BCUT2D eigenvalue weighted by molar-refractivity contribution is -0.139. The predicted molar refractivity (Wildman–Crippen MR) is 459 cm³/mol. The fourth-order valence-corrected chi connectivity index (χ4v) is 14.8. The van der Waals surface area contributed by atoms with Crippen LogP contribution in [0, 0.1) is 25.7 Å². The normalized spacial score (nSPS) is 12.9. The zero-order chi connectivity index (χ0) is 85.7. The van der Waals surface area contributed by atoms with Gasteiger partial charge in [0, 0.05) is 102 Å². The van der Waals surface area contributed by atoms with Gasteiger partial charge in [-0.3, -0.25) is 38.6 Å². The molecule has 2 aliphatic rings. The number of rotatable bonds is 34. The summed E-state index contributed by atoms with van der Waals surface area (Å²) in [4.78, 5) is 149. The van der Waals surface area contributed by atoms with E-state index < -0.39 is 71.4 Å². The second kappa shape index (κ2) is 35.8. The average Bonchev–Trinajstić information content (AvgIpc) is 0.669. The smallest absolute Gasteiger partial charge is 0.333 e. The van der Waals surface area contributed by atoms with Gasteiger partial charge in [-0.25, -0.2) is 19.2 Å². The van der Waals surface area contributed by atoms with E-state index in [0.29, 0.717) is 37.1 Å². The van der Waals surface area contributed by atoms with E-state index in [0.717, 1.165) is 43.2 Å². The van der Waals surface area contributed by atoms with Crippen molar-refractivity contribution in [1.29, 1.82) is 0 Å². The van der Waals surface area contributed by atoms with Crippen LogP contribution in [0.1, 0.15) is 143 Å². The molecule has 22 heteroatoms. The molecule has 0 fully saturated rings. The quantitative estimate of drug-likeness (QED) is 0.00947. The third-order valence-corrected chi connectivity index (χ3v) is 20.6. The van der Waals surface area contributed by atoms with Gasteiger partial charge in [-0.1, -0.05) is 127 Å². The van der Waals surface area contributed by atoms with Crippen molar-refractivity contribution in [3.8, 4) is 46.0 Å². The summed E-state index contributed by atoms with van der Waals surface area (Å²) < 4.78 is 51.2. The monoisotopic (exact) mass is 1610 g/mol. The van der Waals surface area contributed by atoms with Crippen LogP contribution in [0.5, 0.6) is 46.0 Å². The van der Waals surface area contributed by atoms with Gasteiger partial charge in [-0.05, 0) is 197 Å². The lowest BCUT2D eigenvalue weighted by atomic mass is 9.80. The van der Waals surface area contributed by atoms with Crippen molar-refractivity contribution in [1.82, 2.24) is 9.80 Å². The third-order valence-electron chi connectivity index (χ3n) is 20.6. The number of anilines is 2. The molecule has 0 spiro atoms. The Labute approximate surface area is 694 Å². The van der Waals surface area contributed by atoms with Gasteiger partial charge in [0.25, 0.3) is 23.6 Å². The van der Waals surface area contributed by atoms with Crippen molar-refractivity contribution in [3.63, 3.8) is 0 Å². The molecule has 0 aromatic heterocycles. The largest absolute Gasteiger partial charge is 0.462 e. The first-order valence-electron chi connectivity index (χ1n) is 39.6. The van der Waals surface area contributed by atoms with Crippen LogP contribution in [0.3, 0.4) is 0 Å². The van der Waals surface area contributed by atoms with E-state index in [9.17, 15) is 19.2 Å². The molecule has 2 unspecified atom stereocenters. The van der Waals surface area contributed by atoms with E-state index in [1.54, 1.807) is 161 Å². The SMILES string of the molecule is C=C(C)C(=O)OCCc1ccc(Oc2cc3c4c(cc(Oc5ccc(CCOC(=O)C(=C)C)cc5)c5c6c(Oc7ccc(CCOC(=O)C(=C)C)cc7)cc7c8c(cc(Oc9ccc(CCOC(=O)C(=C)C)cc9)c(c2c45)c86)C(=O)N(C(CC(C)C)C(=O)Nc2cccc(C)c2)C7=O)C(=O)N(C(CC(C)C)C(=O)Nc2cccc(C)c2)C3=O)cc1. The van der Waals surface area contributed by atoms with Crippen molar-refractivity contribution < 1.29 is 85.8 Å². The number of hydrogen-bond acceptors (Lipinski definition) is 18. The number of amides is 6. The maximum absolute atomic E-state index is 16.6. The number of imide groups is 2. The Morgan fingerprint density at radius 3 is 0.792 bits per heavy atom. The number of esters is 4. The molecule has 2 N–H and O–H groups in total. The Kier molecular flexibility index (Phi) is 25.1. The Balaban J connectivity index is 1.15. The fraction of sp³-hybridized carbons (Fsp3) is 0.245. The first-order valence-corrected chi connectivity index (χ1v) is 39.6. The van der Waals surface area contributed by atoms with E-state index in [4.69, 9.17) is 37.9 Å². The Hall–Kier alpha value is -14.0. The van der Waals surface area contributed by atoms with Crippen molar-refractivity contribution in [2.75, 3.05) is 37.1 Å². The minimum absolute atomic E-state index is 0.00672. The summed E-state index contributed by atoms with van der Waals surface area (Å²) in [5.74, 6) is -6.92. The molecule has 612 valence electrons. The summed E-state index contributed by atoms with van der Waals surface area (Å²) >= 11 is 0. The molecular weight excluding hydrogens is 1520 g/mol. The molecule has 0 bridgehead atoms. The van der Waals surface area contributed by atoms with Crippen LogP contribution in [0.25, 0.3) is 43.1 Å². The molecule has 6 amide bonds. The summed E-state index contributed by atoms with van der Waals surface area (Å²) in [7, 11) is 0. The zero-order valence-corrected chi connectivity index (χ0v) is 68.6. The van der Waals surface area contributed by atoms with Crippen LogP contribution in [0.4, 0.5) is 11.4 Å². The van der Waals surface area contributed by atoms with Gasteiger partial charge in [-0.15, -0.1) is 0 Å². The van der Waals surface area contributed by atoms with Crippen molar-refractivity contribution in [3.05, 3.63) is 274 Å². The topological polar surface area (TPSA) is 275 Å². The van der Waals surface area contributed by atoms with Crippen LogP contribution >= 0.6 is 0 Å². The van der Waals surface area contributed by atoms with Gasteiger partial charge in [0.1, 0.15) is 58.1 Å². The molecule has 0 radical (unpaired) electrons. The van der Waals surface area contributed by atoms with Crippen LogP contribution < -0.4 is 29.6 Å². The number of hydrogen-bond donors (Lipinski definition) is 2. The van der Waals surface area contributed by atoms with E-state index in [1.807, 2.05) is 53.7 Å². The maximum Gasteiger partial charge on any atom is 0.333 e. The predicted octanol–water partition coefficient (Wildman–Crippen LogP) is 19.5. The summed E-state index contributed by atoms with van der Waals surface area (Å²) in [6.07, 6.45) is 1.18. The van der Waals surface area contributed by atoms with E-state index in [2.05, 4.69) is 36.9 Å². The number of nitrogens with one attached hydrogen (secondary N) is 2. The number of carbonyl (C=O) groups excluding carboxylic acids is 10. The molecule has 0 aliphatic carbocycles. The van der Waals surface area contributed by atoms with Crippen molar-refractivity contribution in [2.45, 2.75) is 120 Å². The average molecular weight is 1610 g/mol. The molecule has 2 atom stereocenters. The van der Waals surface area contributed by atoms with Gasteiger partial charge < -0.3 is 48.5 Å². The number of carbonyl (C=O) groups is 10. The lowest BCUT2D eigenvalue weighted by Crippen LogP contribution is -2.52. The lowest BCUT2D eigenvalue weighted by Gasteiger charge is -2.36. The standard InChI is InChI=1S/C98H92N4O18/c1-53(2)45-75(89(103)99-65-19-15-17-59(13)47-65)101-91(105)71-49-77(117-67-29-21-61(22-30-67)37-41-113-95(109)55(5)6)83-85-79(119-69-33-25-63(26-34-69)39-43-115-97(111)57(9)10)51-73-82-74(94(108)102(93(73)107)76(46-54(3)4)90(104)100-66-20-16-18-60(14)48-66)52-80(120-70-35-27-64(28-36-70)40-44-116-98(112)58(11)12)86(88(82)85)84-78(50-72(92(101)106)81(71)87(83)84)118-68-31-23-62(24-32-68)38-42-114-96(110)56(7)8/h15-36,47-54,75-76H,5,7,9,11,37-46H2,1-4,6,8,10,12-14H3,(H,99,103)(H,100,104). The molecular formula is C98H92N4O18. The van der Waals surface area contributed by atoms with E-state index in [1.165, 1.54) is 24.3 Å². The molecule has 120 heavy (non-hydrogen) atoms. The van der Waals surface area contributed by atoms with Crippen LogP contribution in [0.2, 0.25) is 0 Å². The van der Waals surface area contributed by atoms with Gasteiger partial charge in [0.05, 0.1) is 48.7 Å². The number of fused-ring (bicyclic) bond motifs is 2. The number of aryl methyl sites for hydroxylation is 2. The number of ether oxygens (including phenoxy) is 8. The summed E-state index contributed by atoms with van der Waals surface area (Å²) in [6, 6.07) is 45.2. The van der Waals surface area contributed by atoms with Gasteiger partial charge in [0.2, 0.25) is 11.8 Å². The van der Waals surface area contributed by atoms with Crippen LogP contribution in [-0.4, -0.2) is 108 Å². The second-order valence-corrected chi connectivity index (χ2v) is 31.3. The first kappa shape index (κ1) is 83.9. The van der Waals surface area contributed by atoms with Gasteiger partial charge in [-0.2, -0.15) is 0 Å². The van der Waals surface area contributed by atoms with Gasteiger partial charge in [0.15, 0.2) is 0 Å². The van der Waals surface area contributed by atoms with Crippen LogP contribution in [0.15, 0.2) is 218 Å². The van der Waals surface area contributed by atoms with Crippen LogP contribution in [-0.2, 0) is 73.4 Å². The minimum atomic E-state index is -1.44. The van der Waals surface area contributed by atoms with Crippen molar-refractivity contribution >= 4 is 114 Å². The second-order valence-electron chi connectivity index (χ2n) is 31.3. The molecule has 11 aromatic rings. The summed E-state index contributed by atoms with van der Waals surface area (Å²) in [5.41, 5.74) is 6.05. The summed E-state index contributed by atoms with van der Waals surface area (Å²) in [5, 5.41) is 7.05. The molecule has 22 nitrogen and oxygen atoms in total. The summed E-state index contributed by atoms with van der Waals surface area (Å²) in [6.45, 7) is 32.4. The molecule has 0 saturated carbocycles. The molecule has 0 saturated heterocycles. The maximum atomic E-state index is 16.6. The zero-order valence-electron chi connectivity index (χ0n) is 68.6. The van der Waals surface area contributed by atoms with Gasteiger partial charge >= 0.3 is 23.9 Å². The third kappa shape index (κ3) is 18.2. The highest BCUT2D eigenvalue weighted by molar-refractivity contribution is 6.45. The number of benzene rings is 11. The molecule has 11 aromatic carbocycles. The minimum Gasteiger partial charge on any atom is -0.462 e. The highest BCUT2D eigenvalue weighted by atomic mass is 16.5. The fourth-order valence-electron chi connectivity index (χ4n) is 14.8.